The maximum absolute atomic E-state index is 12.5. The van der Waals surface area contributed by atoms with Crippen LogP contribution in [-0.2, 0) is 10.0 Å². The Balaban J connectivity index is 2.09. The normalized spacial score (nSPS) is 16.6. The number of nitrogens with two attached hydrogens (primary N) is 1. The lowest BCUT2D eigenvalue weighted by atomic mass is 9.91. The van der Waals surface area contributed by atoms with Gasteiger partial charge in [-0.15, -0.1) is 0 Å². The number of rotatable bonds is 5. The Morgan fingerprint density at radius 2 is 1.81 bits per heavy atom. The van der Waals surface area contributed by atoms with E-state index in [1.54, 1.807) is 31.3 Å². The molecule has 1 saturated carbocycles. The average molecular weight is 309 g/mol. The van der Waals surface area contributed by atoms with E-state index in [0.29, 0.717) is 11.3 Å². The van der Waals surface area contributed by atoms with Gasteiger partial charge < -0.3 is 5.73 Å². The van der Waals surface area contributed by atoms with Crippen molar-refractivity contribution in [3.05, 3.63) is 29.8 Å². The van der Waals surface area contributed by atoms with Crippen molar-refractivity contribution in [1.82, 2.24) is 0 Å². The lowest BCUT2D eigenvalue weighted by Crippen LogP contribution is -2.32. The zero-order chi connectivity index (χ0) is 15.5. The van der Waals surface area contributed by atoms with Gasteiger partial charge in [-0.25, -0.2) is 8.42 Å². The topological polar surface area (TPSA) is 87.2 Å². The van der Waals surface area contributed by atoms with Crippen molar-refractivity contribution >= 4 is 21.5 Å². The maximum Gasteiger partial charge on any atom is 0.235 e. The highest BCUT2D eigenvalue weighted by Gasteiger charge is 2.25. The molecule has 0 radical (unpaired) electrons. The van der Waals surface area contributed by atoms with Crippen molar-refractivity contribution in [3.8, 4) is 0 Å². The summed E-state index contributed by atoms with van der Waals surface area (Å²) in [5.74, 6) is 0.481. The van der Waals surface area contributed by atoms with Gasteiger partial charge in [0.15, 0.2) is 0 Å². The molecule has 0 heterocycles. The third kappa shape index (κ3) is 3.97. The van der Waals surface area contributed by atoms with Crippen molar-refractivity contribution in [2.24, 2.45) is 11.7 Å². The molecule has 0 aromatic heterocycles. The summed E-state index contributed by atoms with van der Waals surface area (Å²) < 4.78 is 26.3. The standard InChI is InChI=1S/C15H23N3O2S/c1-18(14-9-7-13(8-10-14)15(16)17)21(19,20)11-12-5-3-2-4-6-12/h7-10,12H,2-6,11H2,1H3,(H3,16,17). The highest BCUT2D eigenvalue weighted by Crippen LogP contribution is 2.27. The number of sulfonamides is 1. The van der Waals surface area contributed by atoms with E-state index in [0.717, 1.165) is 25.7 Å². The first-order chi connectivity index (χ1) is 9.90. The predicted molar refractivity (Wildman–Crippen MR) is 86.2 cm³/mol. The van der Waals surface area contributed by atoms with E-state index in [9.17, 15) is 8.42 Å². The molecule has 1 aromatic carbocycles. The lowest BCUT2D eigenvalue weighted by molar-refractivity contribution is 0.385. The van der Waals surface area contributed by atoms with Crippen LogP contribution in [0.15, 0.2) is 24.3 Å². The van der Waals surface area contributed by atoms with Crippen molar-refractivity contribution < 1.29 is 8.42 Å². The van der Waals surface area contributed by atoms with Crippen molar-refractivity contribution in [2.45, 2.75) is 32.1 Å². The van der Waals surface area contributed by atoms with Crippen LogP contribution in [0.25, 0.3) is 0 Å². The second-order valence-electron chi connectivity index (χ2n) is 5.71. The zero-order valence-electron chi connectivity index (χ0n) is 12.4. The van der Waals surface area contributed by atoms with Crippen molar-refractivity contribution in [3.63, 3.8) is 0 Å². The Hall–Kier alpha value is -1.56. The fourth-order valence-corrected chi connectivity index (χ4v) is 4.37. The molecular formula is C15H23N3O2S. The molecule has 116 valence electrons. The zero-order valence-corrected chi connectivity index (χ0v) is 13.2. The van der Waals surface area contributed by atoms with Crippen molar-refractivity contribution in [2.75, 3.05) is 17.1 Å². The smallest absolute Gasteiger partial charge is 0.235 e. The molecule has 1 fully saturated rings. The second-order valence-corrected chi connectivity index (χ2v) is 7.76. The van der Waals surface area contributed by atoms with E-state index in [1.807, 2.05) is 0 Å². The largest absolute Gasteiger partial charge is 0.384 e. The number of amidine groups is 1. The molecule has 2 rings (SSSR count). The number of nitrogen functional groups attached to an aromatic ring is 1. The van der Waals surface area contributed by atoms with Crippen LogP contribution >= 0.6 is 0 Å². The lowest BCUT2D eigenvalue weighted by Gasteiger charge is -2.25. The third-order valence-electron chi connectivity index (χ3n) is 4.13. The van der Waals surface area contributed by atoms with Gasteiger partial charge in [-0.1, -0.05) is 19.3 Å². The number of nitrogens with zero attached hydrogens (tertiary/aromatic N) is 1. The van der Waals surface area contributed by atoms with Crippen LogP contribution < -0.4 is 10.0 Å². The number of nitrogens with one attached hydrogen (secondary N) is 1. The SMILES string of the molecule is CN(c1ccc(C(=N)N)cc1)S(=O)(=O)CC1CCCCC1. The summed E-state index contributed by atoms with van der Waals surface area (Å²) in [5, 5.41) is 7.35. The summed E-state index contributed by atoms with van der Waals surface area (Å²) in [5.41, 5.74) is 6.60. The Kier molecular flexibility index (Phi) is 4.88. The van der Waals surface area contributed by atoms with Crippen LogP contribution in [0.5, 0.6) is 0 Å². The molecule has 0 bridgehead atoms. The minimum Gasteiger partial charge on any atom is -0.384 e. The van der Waals surface area contributed by atoms with Gasteiger partial charge in [-0.05, 0) is 43.0 Å². The van der Waals surface area contributed by atoms with E-state index in [4.69, 9.17) is 11.1 Å². The minimum absolute atomic E-state index is 0.0192. The Labute approximate surface area is 126 Å². The molecule has 6 heteroatoms. The van der Waals surface area contributed by atoms with E-state index >= 15 is 0 Å². The molecule has 0 spiro atoms. The molecular weight excluding hydrogens is 286 g/mol. The van der Waals surface area contributed by atoms with Gasteiger partial charge in [0, 0.05) is 12.6 Å². The van der Waals surface area contributed by atoms with Gasteiger partial charge in [0.1, 0.15) is 5.84 Å². The summed E-state index contributed by atoms with van der Waals surface area (Å²) in [6.45, 7) is 0. The fourth-order valence-electron chi connectivity index (χ4n) is 2.77. The maximum atomic E-state index is 12.5. The van der Waals surface area contributed by atoms with E-state index in [-0.39, 0.29) is 17.5 Å². The quantitative estimate of drug-likeness (QED) is 0.646. The first-order valence-electron chi connectivity index (χ1n) is 7.31. The number of benzene rings is 1. The summed E-state index contributed by atoms with van der Waals surface area (Å²) >= 11 is 0. The van der Waals surface area contributed by atoms with Crippen LogP contribution in [0.2, 0.25) is 0 Å². The van der Waals surface area contributed by atoms with Crippen LogP contribution in [0.1, 0.15) is 37.7 Å². The van der Waals surface area contributed by atoms with Gasteiger partial charge in [-0.3, -0.25) is 9.71 Å². The first kappa shape index (κ1) is 15.8. The van der Waals surface area contributed by atoms with Gasteiger partial charge in [0.25, 0.3) is 0 Å². The molecule has 1 aromatic rings. The summed E-state index contributed by atoms with van der Waals surface area (Å²) in [7, 11) is -1.71. The Morgan fingerprint density at radius 3 is 2.33 bits per heavy atom. The highest BCUT2D eigenvalue weighted by molar-refractivity contribution is 7.92. The molecule has 0 atom stereocenters. The molecule has 5 nitrogen and oxygen atoms in total. The number of anilines is 1. The van der Waals surface area contributed by atoms with Gasteiger partial charge >= 0.3 is 0 Å². The Bertz CT molecular complexity index is 590. The van der Waals surface area contributed by atoms with Crippen LogP contribution in [0.3, 0.4) is 0 Å². The van der Waals surface area contributed by atoms with Crippen LogP contribution in [0, 0.1) is 11.3 Å². The highest BCUT2D eigenvalue weighted by atomic mass is 32.2. The van der Waals surface area contributed by atoms with Gasteiger partial charge in [0.05, 0.1) is 11.4 Å². The first-order valence-corrected chi connectivity index (χ1v) is 8.92. The van der Waals surface area contributed by atoms with E-state index in [2.05, 4.69) is 0 Å². The van der Waals surface area contributed by atoms with Gasteiger partial charge in [0.2, 0.25) is 10.0 Å². The average Bonchev–Trinajstić information content (AvgIpc) is 2.47. The number of hydrogen-bond donors (Lipinski definition) is 2. The molecule has 21 heavy (non-hydrogen) atoms. The van der Waals surface area contributed by atoms with Crippen LogP contribution in [-0.4, -0.2) is 27.1 Å². The predicted octanol–water partition coefficient (Wildman–Crippen LogP) is 2.32. The number of hydrogen-bond acceptors (Lipinski definition) is 3. The second kappa shape index (κ2) is 6.47. The molecule has 0 amide bonds. The molecule has 0 saturated heterocycles. The molecule has 3 N–H and O–H groups in total. The van der Waals surface area contributed by atoms with Crippen molar-refractivity contribution in [1.29, 1.82) is 5.41 Å². The molecule has 0 unspecified atom stereocenters. The molecule has 1 aliphatic carbocycles. The monoisotopic (exact) mass is 309 g/mol. The summed E-state index contributed by atoms with van der Waals surface area (Å²) in [6.07, 6.45) is 5.51. The Morgan fingerprint density at radius 1 is 1.24 bits per heavy atom. The minimum atomic E-state index is -3.30. The summed E-state index contributed by atoms with van der Waals surface area (Å²) in [6, 6.07) is 6.72. The third-order valence-corrected chi connectivity index (χ3v) is 6.07. The van der Waals surface area contributed by atoms with E-state index in [1.165, 1.54) is 10.7 Å². The van der Waals surface area contributed by atoms with Crippen LogP contribution in [0.4, 0.5) is 5.69 Å². The van der Waals surface area contributed by atoms with E-state index < -0.39 is 10.0 Å². The van der Waals surface area contributed by atoms with Gasteiger partial charge in [-0.2, -0.15) is 0 Å². The molecule has 1 aliphatic rings. The summed E-state index contributed by atoms with van der Waals surface area (Å²) in [4.78, 5) is 0. The fraction of sp³-hybridized carbons (Fsp3) is 0.533. The molecule has 0 aliphatic heterocycles.